The highest BCUT2D eigenvalue weighted by molar-refractivity contribution is 5.97. The fourth-order valence-corrected chi connectivity index (χ4v) is 3.72. The van der Waals surface area contributed by atoms with E-state index in [-0.39, 0.29) is 17.1 Å². The van der Waals surface area contributed by atoms with E-state index in [0.29, 0.717) is 22.3 Å². The van der Waals surface area contributed by atoms with Crippen LogP contribution in [-0.2, 0) is 4.79 Å². The van der Waals surface area contributed by atoms with Gasteiger partial charge in [-0.3, -0.25) is 4.79 Å². The number of nitrogens with one attached hydrogen (secondary N) is 1. The number of para-hydroxylation sites is 1. The Kier molecular flexibility index (Phi) is 4.13. The Balaban J connectivity index is 1.64. The first-order valence-corrected chi connectivity index (χ1v) is 9.23. The molecule has 1 aliphatic rings. The van der Waals surface area contributed by atoms with Gasteiger partial charge in [-0.05, 0) is 36.8 Å². The maximum atomic E-state index is 13.5. The fraction of sp³-hybridized carbons (Fsp3) is 0.136. The topological polar surface area (TPSA) is 94.6 Å². The number of benzene rings is 2. The van der Waals surface area contributed by atoms with Crippen molar-refractivity contribution < 1.29 is 22.9 Å². The average molecular weight is 406 g/mol. The molecule has 0 fully saturated rings. The number of rotatable bonds is 3. The van der Waals surface area contributed by atoms with Crippen molar-refractivity contribution in [1.29, 1.82) is 0 Å². The van der Waals surface area contributed by atoms with E-state index < -0.39 is 29.4 Å². The normalized spacial score (nSPS) is 17.5. The van der Waals surface area contributed by atoms with Crippen molar-refractivity contribution in [1.82, 2.24) is 5.16 Å². The second-order valence-electron chi connectivity index (χ2n) is 7.01. The molecule has 0 unspecified atom stereocenters. The number of ether oxygens (including phenoxy) is 1. The van der Waals surface area contributed by atoms with Gasteiger partial charge in [-0.2, -0.15) is 0 Å². The van der Waals surface area contributed by atoms with E-state index in [4.69, 9.17) is 13.7 Å². The Hall–Kier alpha value is -3.94. The molecule has 2 atom stereocenters. The first kappa shape index (κ1) is 18.1. The Morgan fingerprint density at radius 1 is 1.13 bits per heavy atom. The van der Waals surface area contributed by atoms with Crippen LogP contribution < -0.4 is 15.7 Å². The van der Waals surface area contributed by atoms with Gasteiger partial charge in [0.2, 0.25) is 0 Å². The van der Waals surface area contributed by atoms with Crippen LogP contribution >= 0.6 is 0 Å². The number of hydrogen-bond donors (Lipinski definition) is 1. The number of aromatic nitrogens is 1. The molecule has 1 N–H and O–H groups in total. The predicted octanol–water partition coefficient (Wildman–Crippen LogP) is 3.76. The lowest BCUT2D eigenvalue weighted by atomic mass is 9.88. The van der Waals surface area contributed by atoms with Crippen LogP contribution in [0.1, 0.15) is 22.8 Å². The molecule has 7 nitrogen and oxygen atoms in total. The summed E-state index contributed by atoms with van der Waals surface area (Å²) >= 11 is 0. The van der Waals surface area contributed by atoms with Crippen molar-refractivity contribution in [2.24, 2.45) is 0 Å². The van der Waals surface area contributed by atoms with Gasteiger partial charge in [0, 0.05) is 6.07 Å². The van der Waals surface area contributed by atoms with Gasteiger partial charge in [-0.25, -0.2) is 9.18 Å². The van der Waals surface area contributed by atoms with Gasteiger partial charge in [0.1, 0.15) is 22.9 Å². The molecule has 1 amide bonds. The summed E-state index contributed by atoms with van der Waals surface area (Å²) < 4.78 is 29.9. The van der Waals surface area contributed by atoms with Gasteiger partial charge in [-0.15, -0.1) is 0 Å². The monoisotopic (exact) mass is 406 g/mol. The minimum Gasteiger partial charge on any atom is -0.478 e. The number of carbonyl (C=O) groups excluding carboxylic acids is 1. The lowest BCUT2D eigenvalue weighted by Gasteiger charge is -2.18. The van der Waals surface area contributed by atoms with Crippen molar-refractivity contribution in [2.45, 2.75) is 18.9 Å². The SMILES string of the molecule is Cc1cc(NC(=O)[C@H]2Oc3c(c(=O)oc4ccccc34)[C@@H]2c2ccc(F)cc2)no1. The molecule has 0 radical (unpaired) electrons. The quantitative estimate of drug-likeness (QED) is 0.521. The lowest BCUT2D eigenvalue weighted by Crippen LogP contribution is -2.35. The minimum atomic E-state index is -1.09. The van der Waals surface area contributed by atoms with Crippen molar-refractivity contribution in [2.75, 3.05) is 5.32 Å². The zero-order valence-electron chi connectivity index (χ0n) is 15.7. The van der Waals surface area contributed by atoms with Crippen molar-refractivity contribution in [3.63, 3.8) is 0 Å². The summed E-state index contributed by atoms with van der Waals surface area (Å²) in [5.41, 5.74) is 0.518. The summed E-state index contributed by atoms with van der Waals surface area (Å²) in [5, 5.41) is 6.98. The van der Waals surface area contributed by atoms with Crippen LogP contribution in [0.2, 0.25) is 0 Å². The number of aryl methyl sites for hydroxylation is 1. The molecule has 0 saturated carbocycles. The molecule has 2 aromatic heterocycles. The third-order valence-corrected chi connectivity index (χ3v) is 5.02. The second-order valence-corrected chi connectivity index (χ2v) is 7.01. The van der Waals surface area contributed by atoms with Crippen LogP contribution in [0.5, 0.6) is 5.75 Å². The zero-order chi connectivity index (χ0) is 20.8. The van der Waals surface area contributed by atoms with Crippen molar-refractivity contribution in [3.8, 4) is 5.75 Å². The van der Waals surface area contributed by atoms with E-state index in [1.807, 2.05) is 0 Å². The number of carbonyl (C=O) groups is 1. The molecule has 4 aromatic rings. The highest BCUT2D eigenvalue weighted by Crippen LogP contribution is 2.44. The number of hydrogen-bond acceptors (Lipinski definition) is 6. The van der Waals surface area contributed by atoms with Crippen molar-refractivity contribution >= 4 is 22.7 Å². The summed E-state index contributed by atoms with van der Waals surface area (Å²) in [7, 11) is 0. The highest BCUT2D eigenvalue weighted by atomic mass is 19.1. The Morgan fingerprint density at radius 3 is 2.63 bits per heavy atom. The van der Waals surface area contributed by atoms with Crippen LogP contribution in [0.4, 0.5) is 10.2 Å². The van der Waals surface area contributed by atoms with Gasteiger partial charge in [-0.1, -0.05) is 29.4 Å². The molecule has 5 rings (SSSR count). The Morgan fingerprint density at radius 2 is 1.90 bits per heavy atom. The molecule has 2 aromatic carbocycles. The number of nitrogens with zero attached hydrogens (tertiary/aromatic N) is 1. The van der Waals surface area contributed by atoms with Crippen LogP contribution in [0.25, 0.3) is 11.0 Å². The number of halogens is 1. The van der Waals surface area contributed by atoms with E-state index in [2.05, 4.69) is 10.5 Å². The molecule has 30 heavy (non-hydrogen) atoms. The van der Waals surface area contributed by atoms with Gasteiger partial charge in [0.15, 0.2) is 11.9 Å². The molecule has 8 heteroatoms. The molecule has 0 spiro atoms. The number of anilines is 1. The Labute approximate surface area is 169 Å². The minimum absolute atomic E-state index is 0.219. The Bertz CT molecular complexity index is 1330. The third-order valence-electron chi connectivity index (χ3n) is 5.02. The van der Waals surface area contributed by atoms with Gasteiger partial charge < -0.3 is 19.0 Å². The average Bonchev–Trinajstić information content (AvgIpc) is 3.33. The summed E-state index contributed by atoms with van der Waals surface area (Å²) in [5.74, 6) is -0.684. The maximum absolute atomic E-state index is 13.5. The van der Waals surface area contributed by atoms with Crippen LogP contribution in [-0.4, -0.2) is 17.2 Å². The molecular formula is C22H15FN2O5. The van der Waals surface area contributed by atoms with E-state index in [1.54, 1.807) is 37.3 Å². The highest BCUT2D eigenvalue weighted by Gasteiger charge is 2.44. The summed E-state index contributed by atoms with van der Waals surface area (Å²) in [6.45, 7) is 1.70. The van der Waals surface area contributed by atoms with Crippen LogP contribution in [0.3, 0.4) is 0 Å². The van der Waals surface area contributed by atoms with E-state index in [1.165, 1.54) is 24.3 Å². The molecule has 0 saturated heterocycles. The van der Waals surface area contributed by atoms with Gasteiger partial charge in [0.25, 0.3) is 5.91 Å². The predicted molar refractivity (Wildman–Crippen MR) is 105 cm³/mol. The van der Waals surface area contributed by atoms with E-state index in [0.717, 1.165) is 0 Å². The van der Waals surface area contributed by atoms with Crippen LogP contribution in [0.15, 0.2) is 68.3 Å². The van der Waals surface area contributed by atoms with E-state index >= 15 is 0 Å². The van der Waals surface area contributed by atoms with Gasteiger partial charge >= 0.3 is 5.63 Å². The fourth-order valence-electron chi connectivity index (χ4n) is 3.72. The molecular weight excluding hydrogens is 391 g/mol. The summed E-state index contributed by atoms with van der Waals surface area (Å²) in [4.78, 5) is 25.9. The molecule has 0 aliphatic carbocycles. The van der Waals surface area contributed by atoms with Crippen molar-refractivity contribution in [3.05, 3.63) is 87.7 Å². The molecule has 1 aliphatic heterocycles. The second kappa shape index (κ2) is 6.84. The van der Waals surface area contributed by atoms with Gasteiger partial charge in [0.05, 0.1) is 16.9 Å². The molecule has 0 bridgehead atoms. The molecule has 3 heterocycles. The maximum Gasteiger partial charge on any atom is 0.344 e. The van der Waals surface area contributed by atoms with E-state index in [9.17, 15) is 14.0 Å². The number of amides is 1. The first-order valence-electron chi connectivity index (χ1n) is 9.23. The largest absolute Gasteiger partial charge is 0.478 e. The summed E-state index contributed by atoms with van der Waals surface area (Å²) in [6, 6.07) is 14.1. The zero-order valence-corrected chi connectivity index (χ0v) is 15.7. The first-order chi connectivity index (χ1) is 14.5. The summed E-state index contributed by atoms with van der Waals surface area (Å²) in [6.07, 6.45) is -1.09. The smallest absolute Gasteiger partial charge is 0.344 e. The standard InChI is InChI=1S/C22H15FN2O5/c1-11-10-16(25-30-11)24-21(26)20-17(12-6-8-13(23)9-7-12)18-19(29-20)14-4-2-3-5-15(14)28-22(18)27/h2-10,17,20H,1H3,(H,24,25,26)/t17-,20-/m0/s1. The van der Waals surface area contributed by atoms with Crippen LogP contribution in [0, 0.1) is 12.7 Å². The lowest BCUT2D eigenvalue weighted by molar-refractivity contribution is -0.122. The third kappa shape index (κ3) is 2.93. The number of fused-ring (bicyclic) bond motifs is 3. The molecule has 150 valence electrons.